The van der Waals surface area contributed by atoms with Crippen molar-refractivity contribution in [2.75, 3.05) is 32.1 Å². The molecule has 1 aromatic heterocycles. The Labute approximate surface area is 187 Å². The number of likely N-dealkylation sites (tertiary alicyclic amines) is 1. The maximum Gasteiger partial charge on any atom is 0.261 e. The van der Waals surface area contributed by atoms with E-state index < -0.39 is 0 Å². The van der Waals surface area contributed by atoms with Gasteiger partial charge in [-0.1, -0.05) is 18.2 Å². The third-order valence-electron chi connectivity index (χ3n) is 5.59. The molecule has 0 spiro atoms. The molecule has 0 radical (unpaired) electrons. The van der Waals surface area contributed by atoms with Crippen LogP contribution in [0.25, 0.3) is 0 Å². The summed E-state index contributed by atoms with van der Waals surface area (Å²) < 4.78 is 19.3. The molecule has 0 saturated carbocycles. The average molecular weight is 435 g/mol. The van der Waals surface area contributed by atoms with Gasteiger partial charge in [0.1, 0.15) is 11.6 Å². The highest BCUT2D eigenvalue weighted by Gasteiger charge is 2.31. The fourth-order valence-electron chi connectivity index (χ4n) is 3.98. The van der Waals surface area contributed by atoms with Crippen LogP contribution in [-0.2, 0) is 11.2 Å². The molecule has 0 N–H and O–H groups in total. The highest BCUT2D eigenvalue weighted by molar-refractivity contribution is 5.78. The zero-order chi connectivity index (χ0) is 22.5. The van der Waals surface area contributed by atoms with Gasteiger partial charge in [0.15, 0.2) is 6.61 Å². The van der Waals surface area contributed by atoms with Crippen LogP contribution in [-0.4, -0.2) is 48.0 Å². The summed E-state index contributed by atoms with van der Waals surface area (Å²) in [6, 6.07) is 14.0. The number of anilines is 1. The first-order valence-electron chi connectivity index (χ1n) is 10.7. The Kier molecular flexibility index (Phi) is 6.63. The van der Waals surface area contributed by atoms with Crippen LogP contribution in [0.3, 0.4) is 0 Å². The van der Waals surface area contributed by atoms with E-state index in [2.05, 4.69) is 4.98 Å². The molecule has 0 bridgehead atoms. The molecule has 1 amide bonds. The standard InChI is InChI=1S/C25H27FN4O2/c1-29(2)21-8-4-9-22(14-21)32-17-25(31)30-11-5-10-24(30)23-16-27-15-20(28-23)13-18-6-3-7-19(26)12-18/h3-4,6-9,12,14-16,24H,5,10-11,13,17H2,1-2H3/t24-/m1/s1. The van der Waals surface area contributed by atoms with E-state index in [0.29, 0.717) is 18.7 Å². The van der Waals surface area contributed by atoms with Crippen molar-refractivity contribution in [1.29, 1.82) is 0 Å². The second-order valence-electron chi connectivity index (χ2n) is 8.17. The summed E-state index contributed by atoms with van der Waals surface area (Å²) in [5.41, 5.74) is 3.37. The van der Waals surface area contributed by atoms with Crippen molar-refractivity contribution in [3.63, 3.8) is 0 Å². The van der Waals surface area contributed by atoms with Crippen molar-refractivity contribution in [2.45, 2.75) is 25.3 Å². The molecular weight excluding hydrogens is 407 g/mol. The van der Waals surface area contributed by atoms with Crippen LogP contribution in [0.5, 0.6) is 5.75 Å². The number of amides is 1. The molecule has 32 heavy (non-hydrogen) atoms. The van der Waals surface area contributed by atoms with Gasteiger partial charge in [-0.3, -0.25) is 14.8 Å². The molecule has 7 heteroatoms. The SMILES string of the molecule is CN(C)c1cccc(OCC(=O)N2CCC[C@@H]2c2cncc(Cc3cccc(F)c3)n2)c1. The highest BCUT2D eigenvalue weighted by atomic mass is 19.1. The van der Waals surface area contributed by atoms with Crippen LogP contribution in [0.2, 0.25) is 0 Å². The lowest BCUT2D eigenvalue weighted by Gasteiger charge is -2.24. The van der Waals surface area contributed by atoms with Crippen LogP contribution in [0.15, 0.2) is 60.9 Å². The number of carbonyl (C=O) groups excluding carboxylic acids is 1. The maximum absolute atomic E-state index is 13.5. The van der Waals surface area contributed by atoms with Crippen molar-refractivity contribution in [3.8, 4) is 5.75 Å². The number of ether oxygens (including phenoxy) is 1. The molecule has 2 aromatic carbocycles. The number of hydrogen-bond donors (Lipinski definition) is 0. The molecule has 1 saturated heterocycles. The number of benzene rings is 2. The summed E-state index contributed by atoms with van der Waals surface area (Å²) in [7, 11) is 3.92. The Morgan fingerprint density at radius 1 is 1.19 bits per heavy atom. The lowest BCUT2D eigenvalue weighted by Crippen LogP contribution is -2.35. The Hall–Kier alpha value is -3.48. The normalized spacial score (nSPS) is 15.6. The Morgan fingerprint density at radius 3 is 2.84 bits per heavy atom. The van der Waals surface area contributed by atoms with E-state index in [1.54, 1.807) is 18.5 Å². The number of aromatic nitrogens is 2. The topological polar surface area (TPSA) is 58.6 Å². The maximum atomic E-state index is 13.5. The van der Waals surface area contributed by atoms with Gasteiger partial charge in [0, 0.05) is 45.0 Å². The van der Waals surface area contributed by atoms with Crippen LogP contribution in [0.4, 0.5) is 10.1 Å². The van der Waals surface area contributed by atoms with Crippen LogP contribution >= 0.6 is 0 Å². The van der Waals surface area contributed by atoms with Gasteiger partial charge in [0.25, 0.3) is 5.91 Å². The lowest BCUT2D eigenvalue weighted by atomic mass is 10.1. The minimum Gasteiger partial charge on any atom is -0.484 e. The minimum absolute atomic E-state index is 0.0240. The van der Waals surface area contributed by atoms with Gasteiger partial charge in [-0.05, 0) is 42.7 Å². The fourth-order valence-corrected chi connectivity index (χ4v) is 3.98. The van der Waals surface area contributed by atoms with Crippen molar-refractivity contribution < 1.29 is 13.9 Å². The summed E-state index contributed by atoms with van der Waals surface area (Å²) in [6.07, 6.45) is 5.63. The second kappa shape index (κ2) is 9.77. The van der Waals surface area contributed by atoms with E-state index in [4.69, 9.17) is 9.72 Å². The number of carbonyl (C=O) groups is 1. The van der Waals surface area contributed by atoms with Crippen LogP contribution < -0.4 is 9.64 Å². The molecule has 1 aliphatic heterocycles. The molecule has 1 aliphatic rings. The van der Waals surface area contributed by atoms with Gasteiger partial charge in [-0.25, -0.2) is 4.39 Å². The first kappa shape index (κ1) is 21.7. The average Bonchev–Trinajstić information content (AvgIpc) is 3.28. The van der Waals surface area contributed by atoms with Crippen molar-refractivity contribution >= 4 is 11.6 Å². The third kappa shape index (κ3) is 5.22. The first-order valence-corrected chi connectivity index (χ1v) is 10.7. The monoisotopic (exact) mass is 434 g/mol. The highest BCUT2D eigenvalue weighted by Crippen LogP contribution is 2.31. The van der Waals surface area contributed by atoms with Gasteiger partial charge in [-0.15, -0.1) is 0 Å². The predicted molar refractivity (Wildman–Crippen MR) is 121 cm³/mol. The summed E-state index contributed by atoms with van der Waals surface area (Å²) in [6.45, 7) is 0.643. The zero-order valence-electron chi connectivity index (χ0n) is 18.4. The molecule has 3 aromatic rings. The van der Waals surface area contributed by atoms with Gasteiger partial charge >= 0.3 is 0 Å². The minimum atomic E-state index is -0.268. The molecule has 2 heterocycles. The van der Waals surface area contributed by atoms with Crippen LogP contribution in [0.1, 0.15) is 35.8 Å². The number of nitrogens with zero attached hydrogens (tertiary/aromatic N) is 4. The summed E-state index contributed by atoms with van der Waals surface area (Å²) in [5.74, 6) is 0.326. The molecule has 0 unspecified atom stereocenters. The molecule has 6 nitrogen and oxygen atoms in total. The number of halogens is 1. The van der Waals surface area contributed by atoms with Gasteiger partial charge in [-0.2, -0.15) is 0 Å². The Balaban J connectivity index is 1.43. The molecule has 1 atom stereocenters. The third-order valence-corrected chi connectivity index (χ3v) is 5.59. The van der Waals surface area contributed by atoms with Crippen LogP contribution in [0, 0.1) is 5.82 Å². The van der Waals surface area contributed by atoms with Gasteiger partial charge in [0.2, 0.25) is 0 Å². The van der Waals surface area contributed by atoms with E-state index >= 15 is 0 Å². The second-order valence-corrected chi connectivity index (χ2v) is 8.17. The van der Waals surface area contributed by atoms with E-state index in [0.717, 1.165) is 35.5 Å². The summed E-state index contributed by atoms with van der Waals surface area (Å²) in [4.78, 5) is 25.8. The summed E-state index contributed by atoms with van der Waals surface area (Å²) in [5, 5.41) is 0. The molecule has 4 rings (SSSR count). The Morgan fingerprint density at radius 2 is 2.03 bits per heavy atom. The van der Waals surface area contributed by atoms with Crippen molar-refractivity contribution in [2.24, 2.45) is 0 Å². The predicted octanol–water partition coefficient (Wildman–Crippen LogP) is 4.02. The number of hydrogen-bond acceptors (Lipinski definition) is 5. The Bertz CT molecular complexity index is 1090. The summed E-state index contributed by atoms with van der Waals surface area (Å²) >= 11 is 0. The fraction of sp³-hybridized carbons (Fsp3) is 0.320. The van der Waals surface area contributed by atoms with E-state index in [-0.39, 0.29) is 24.4 Å². The van der Waals surface area contributed by atoms with E-state index in [1.165, 1.54) is 12.1 Å². The molecule has 166 valence electrons. The van der Waals surface area contributed by atoms with Crippen molar-refractivity contribution in [1.82, 2.24) is 14.9 Å². The van der Waals surface area contributed by atoms with Gasteiger partial charge in [0.05, 0.1) is 23.6 Å². The lowest BCUT2D eigenvalue weighted by molar-refractivity contribution is -0.134. The molecule has 0 aliphatic carbocycles. The molecular formula is C25H27FN4O2. The smallest absolute Gasteiger partial charge is 0.261 e. The first-order chi connectivity index (χ1) is 15.5. The van der Waals surface area contributed by atoms with E-state index in [9.17, 15) is 9.18 Å². The van der Waals surface area contributed by atoms with E-state index in [1.807, 2.05) is 54.2 Å². The van der Waals surface area contributed by atoms with Crippen molar-refractivity contribution in [3.05, 3.63) is 83.7 Å². The zero-order valence-corrected chi connectivity index (χ0v) is 18.4. The molecule has 1 fully saturated rings. The van der Waals surface area contributed by atoms with Gasteiger partial charge < -0.3 is 14.5 Å². The largest absolute Gasteiger partial charge is 0.484 e. The number of rotatable bonds is 7. The quantitative estimate of drug-likeness (QED) is 0.562.